The summed E-state index contributed by atoms with van der Waals surface area (Å²) < 4.78 is 11.5. The zero-order chi connectivity index (χ0) is 12.1. The van der Waals surface area contributed by atoms with Gasteiger partial charge in [0, 0.05) is 11.8 Å². The molecule has 0 saturated carbocycles. The van der Waals surface area contributed by atoms with Gasteiger partial charge in [-0.05, 0) is 31.4 Å². The summed E-state index contributed by atoms with van der Waals surface area (Å²) in [6.45, 7) is 0. The third kappa shape index (κ3) is 1.54. The standard InChI is InChI=1S/C13H15N3O2/c14-7-1-3-9-12(5-7)18-13(15-9)16-10-6-8-2-4-11(10)17-8/h1,3,5,8,10-11H,2,4,6,14H2,(H,15,16). The van der Waals surface area contributed by atoms with Crippen LogP contribution in [0.2, 0.25) is 0 Å². The molecule has 4 rings (SSSR count). The second-order valence-corrected chi connectivity index (χ2v) is 5.11. The molecule has 3 unspecified atom stereocenters. The fourth-order valence-corrected chi connectivity index (χ4v) is 2.95. The van der Waals surface area contributed by atoms with Gasteiger partial charge in [0.25, 0.3) is 6.01 Å². The highest BCUT2D eigenvalue weighted by Gasteiger charge is 2.41. The minimum atomic E-state index is 0.315. The van der Waals surface area contributed by atoms with Crippen LogP contribution in [-0.4, -0.2) is 23.2 Å². The van der Waals surface area contributed by atoms with Crippen LogP contribution in [0, 0.1) is 0 Å². The molecule has 5 heteroatoms. The normalized spacial score (nSPS) is 30.1. The van der Waals surface area contributed by atoms with E-state index in [0.29, 0.717) is 30.0 Å². The molecule has 2 aliphatic heterocycles. The van der Waals surface area contributed by atoms with Crippen molar-refractivity contribution >= 4 is 22.8 Å². The van der Waals surface area contributed by atoms with E-state index in [1.807, 2.05) is 12.1 Å². The number of nitrogens with zero attached hydrogens (tertiary/aromatic N) is 1. The number of rotatable bonds is 2. The first-order valence-electron chi connectivity index (χ1n) is 6.36. The zero-order valence-corrected chi connectivity index (χ0v) is 9.93. The van der Waals surface area contributed by atoms with E-state index in [0.717, 1.165) is 23.9 Å². The van der Waals surface area contributed by atoms with E-state index in [1.54, 1.807) is 6.07 Å². The third-order valence-corrected chi connectivity index (χ3v) is 3.83. The first-order valence-corrected chi connectivity index (χ1v) is 6.36. The van der Waals surface area contributed by atoms with Gasteiger partial charge in [-0.1, -0.05) is 0 Å². The molecule has 3 atom stereocenters. The van der Waals surface area contributed by atoms with Gasteiger partial charge in [-0.2, -0.15) is 4.98 Å². The molecule has 2 bridgehead atoms. The van der Waals surface area contributed by atoms with Crippen molar-refractivity contribution in [3.05, 3.63) is 18.2 Å². The van der Waals surface area contributed by atoms with Crippen molar-refractivity contribution in [2.24, 2.45) is 0 Å². The number of anilines is 2. The lowest BCUT2D eigenvalue weighted by Crippen LogP contribution is -2.30. The predicted molar refractivity (Wildman–Crippen MR) is 68.3 cm³/mol. The highest BCUT2D eigenvalue weighted by molar-refractivity contribution is 5.78. The molecule has 0 radical (unpaired) electrons. The van der Waals surface area contributed by atoms with Crippen LogP contribution in [0.5, 0.6) is 0 Å². The lowest BCUT2D eigenvalue weighted by molar-refractivity contribution is 0.102. The smallest absolute Gasteiger partial charge is 0.295 e. The van der Waals surface area contributed by atoms with Gasteiger partial charge in [0.15, 0.2) is 5.58 Å². The van der Waals surface area contributed by atoms with Gasteiger partial charge in [0.05, 0.1) is 18.2 Å². The first kappa shape index (κ1) is 10.2. The third-order valence-electron chi connectivity index (χ3n) is 3.83. The molecule has 2 fully saturated rings. The summed E-state index contributed by atoms with van der Waals surface area (Å²) in [5.41, 5.74) is 7.96. The topological polar surface area (TPSA) is 73.3 Å². The predicted octanol–water partition coefficient (Wildman–Crippen LogP) is 2.14. The fraction of sp³-hybridized carbons (Fsp3) is 0.462. The second kappa shape index (κ2) is 3.62. The Balaban J connectivity index is 1.59. The number of hydrogen-bond donors (Lipinski definition) is 2. The van der Waals surface area contributed by atoms with Crippen molar-refractivity contribution in [2.75, 3.05) is 11.1 Å². The summed E-state index contributed by atoms with van der Waals surface area (Å²) in [5, 5.41) is 3.34. The van der Waals surface area contributed by atoms with Gasteiger partial charge >= 0.3 is 0 Å². The number of ether oxygens (including phenoxy) is 1. The molecular weight excluding hydrogens is 230 g/mol. The van der Waals surface area contributed by atoms with Crippen molar-refractivity contribution in [3.8, 4) is 0 Å². The highest BCUT2D eigenvalue weighted by Crippen LogP contribution is 2.36. The molecule has 3 N–H and O–H groups in total. The number of nitrogens with two attached hydrogens (primary N) is 1. The zero-order valence-electron chi connectivity index (χ0n) is 9.93. The van der Waals surface area contributed by atoms with Crippen LogP contribution in [0.3, 0.4) is 0 Å². The van der Waals surface area contributed by atoms with Crippen LogP contribution in [0.15, 0.2) is 22.6 Å². The average molecular weight is 245 g/mol. The lowest BCUT2D eigenvalue weighted by Gasteiger charge is -2.18. The van der Waals surface area contributed by atoms with E-state index >= 15 is 0 Å². The maximum Gasteiger partial charge on any atom is 0.295 e. The molecule has 18 heavy (non-hydrogen) atoms. The number of fused-ring (bicyclic) bond motifs is 3. The molecule has 1 aromatic heterocycles. The lowest BCUT2D eigenvalue weighted by atomic mass is 9.96. The molecule has 2 aliphatic rings. The SMILES string of the molecule is Nc1ccc2nc(NC3CC4CCC3O4)oc2c1. The van der Waals surface area contributed by atoms with Crippen LogP contribution >= 0.6 is 0 Å². The highest BCUT2D eigenvalue weighted by atomic mass is 16.5. The van der Waals surface area contributed by atoms with Crippen LogP contribution in [0.25, 0.3) is 11.1 Å². The largest absolute Gasteiger partial charge is 0.423 e. The van der Waals surface area contributed by atoms with Crippen molar-refractivity contribution in [2.45, 2.75) is 37.5 Å². The Morgan fingerprint density at radius 3 is 3.06 bits per heavy atom. The summed E-state index contributed by atoms with van der Waals surface area (Å²) in [7, 11) is 0. The molecule has 0 aliphatic carbocycles. The minimum Gasteiger partial charge on any atom is -0.423 e. The molecular formula is C13H15N3O2. The van der Waals surface area contributed by atoms with Gasteiger partial charge < -0.3 is 20.2 Å². The Kier molecular flexibility index (Phi) is 2.05. The Bertz CT molecular complexity index is 595. The minimum absolute atomic E-state index is 0.315. The quantitative estimate of drug-likeness (QED) is 0.793. The summed E-state index contributed by atoms with van der Waals surface area (Å²) in [6, 6.07) is 6.39. The van der Waals surface area contributed by atoms with E-state index in [9.17, 15) is 0 Å². The first-order chi connectivity index (χ1) is 8.78. The van der Waals surface area contributed by atoms with E-state index < -0.39 is 0 Å². The van der Waals surface area contributed by atoms with Gasteiger partial charge in [-0.25, -0.2) is 0 Å². The molecule has 3 heterocycles. The number of aromatic nitrogens is 1. The van der Waals surface area contributed by atoms with Crippen LogP contribution in [-0.2, 0) is 4.74 Å². The average Bonchev–Trinajstić information content (AvgIpc) is 3.02. The molecule has 5 nitrogen and oxygen atoms in total. The number of nitrogen functional groups attached to an aromatic ring is 1. The van der Waals surface area contributed by atoms with Crippen molar-refractivity contribution in [1.29, 1.82) is 0 Å². The summed E-state index contributed by atoms with van der Waals surface area (Å²) in [6.07, 6.45) is 4.11. The van der Waals surface area contributed by atoms with Crippen LogP contribution < -0.4 is 11.1 Å². The fourth-order valence-electron chi connectivity index (χ4n) is 2.95. The molecule has 0 amide bonds. The van der Waals surface area contributed by atoms with Gasteiger partial charge in [0.2, 0.25) is 0 Å². The molecule has 2 saturated heterocycles. The summed E-state index contributed by atoms with van der Waals surface area (Å²) in [5.74, 6) is 0. The van der Waals surface area contributed by atoms with Crippen molar-refractivity contribution in [1.82, 2.24) is 4.98 Å². The Morgan fingerprint density at radius 1 is 1.33 bits per heavy atom. The monoisotopic (exact) mass is 245 g/mol. The molecule has 0 spiro atoms. The van der Waals surface area contributed by atoms with Gasteiger partial charge in [0.1, 0.15) is 5.52 Å². The number of hydrogen-bond acceptors (Lipinski definition) is 5. The van der Waals surface area contributed by atoms with E-state index in [4.69, 9.17) is 14.9 Å². The van der Waals surface area contributed by atoms with Crippen LogP contribution in [0.1, 0.15) is 19.3 Å². The van der Waals surface area contributed by atoms with E-state index in [-0.39, 0.29) is 0 Å². The van der Waals surface area contributed by atoms with E-state index in [1.165, 1.54) is 6.42 Å². The second-order valence-electron chi connectivity index (χ2n) is 5.11. The molecule has 1 aromatic carbocycles. The van der Waals surface area contributed by atoms with Crippen molar-refractivity contribution < 1.29 is 9.15 Å². The van der Waals surface area contributed by atoms with Crippen LogP contribution in [0.4, 0.5) is 11.7 Å². The Morgan fingerprint density at radius 2 is 2.28 bits per heavy atom. The number of oxazole rings is 1. The molecule has 94 valence electrons. The Hall–Kier alpha value is -1.75. The molecule has 2 aromatic rings. The van der Waals surface area contributed by atoms with Crippen molar-refractivity contribution in [3.63, 3.8) is 0 Å². The number of benzene rings is 1. The maximum absolute atomic E-state index is 5.80. The summed E-state index contributed by atoms with van der Waals surface area (Å²) >= 11 is 0. The van der Waals surface area contributed by atoms with E-state index in [2.05, 4.69) is 10.3 Å². The van der Waals surface area contributed by atoms with Gasteiger partial charge in [-0.15, -0.1) is 0 Å². The Labute approximate surface area is 104 Å². The number of nitrogens with one attached hydrogen (secondary N) is 1. The summed E-state index contributed by atoms with van der Waals surface area (Å²) in [4.78, 5) is 4.41. The maximum atomic E-state index is 5.80. The van der Waals surface area contributed by atoms with Gasteiger partial charge in [-0.3, -0.25) is 0 Å².